The van der Waals surface area contributed by atoms with Crippen LogP contribution in [0.3, 0.4) is 0 Å². The number of carbonyl (C=O) groups excluding carboxylic acids is 1. The van der Waals surface area contributed by atoms with Crippen LogP contribution in [0.1, 0.15) is 5.56 Å². The monoisotopic (exact) mass is 262 g/mol. The zero-order chi connectivity index (χ0) is 13.8. The van der Waals surface area contributed by atoms with Gasteiger partial charge in [-0.1, -0.05) is 6.07 Å². The average molecular weight is 262 g/mol. The van der Waals surface area contributed by atoms with E-state index < -0.39 is 11.8 Å². The lowest BCUT2D eigenvalue weighted by Crippen LogP contribution is -2.20. The van der Waals surface area contributed by atoms with Crippen LogP contribution in [0.5, 0.6) is 0 Å². The number of aryl methyl sites for hydroxylation is 1. The summed E-state index contributed by atoms with van der Waals surface area (Å²) in [5.74, 6) is -0.811. The Balaban J connectivity index is 2.05. The fourth-order valence-corrected chi connectivity index (χ4v) is 1.55. The molecule has 19 heavy (non-hydrogen) atoms. The van der Waals surface area contributed by atoms with Gasteiger partial charge in [0.25, 0.3) is 0 Å². The molecule has 98 valence electrons. The van der Waals surface area contributed by atoms with E-state index in [2.05, 4.69) is 10.6 Å². The fourth-order valence-electron chi connectivity index (χ4n) is 1.55. The highest BCUT2D eigenvalue weighted by Gasteiger charge is 2.06. The SMILES string of the molecule is Cc1ccc(F)cc1NC(=O)Nc1ccc(F)cc1. The van der Waals surface area contributed by atoms with Gasteiger partial charge >= 0.3 is 6.03 Å². The first kappa shape index (κ1) is 13.0. The molecule has 0 saturated carbocycles. The minimum Gasteiger partial charge on any atom is -0.308 e. The van der Waals surface area contributed by atoms with Crippen LogP contribution in [0.25, 0.3) is 0 Å². The van der Waals surface area contributed by atoms with E-state index in [4.69, 9.17) is 0 Å². The lowest BCUT2D eigenvalue weighted by Gasteiger charge is -2.10. The van der Waals surface area contributed by atoms with Gasteiger partial charge in [-0.25, -0.2) is 13.6 Å². The summed E-state index contributed by atoms with van der Waals surface area (Å²) in [6.07, 6.45) is 0. The first-order valence-corrected chi connectivity index (χ1v) is 5.64. The molecule has 0 aliphatic carbocycles. The Kier molecular flexibility index (Phi) is 3.75. The predicted octanol–water partition coefficient (Wildman–Crippen LogP) is 3.92. The summed E-state index contributed by atoms with van der Waals surface area (Å²) >= 11 is 0. The maximum absolute atomic E-state index is 13.1. The number of rotatable bonds is 2. The standard InChI is InChI=1S/C14H12F2N2O/c1-9-2-3-11(16)8-13(9)18-14(19)17-12-6-4-10(15)5-7-12/h2-8H,1H3,(H2,17,18,19). The number of nitrogens with one attached hydrogen (secondary N) is 2. The third-order valence-electron chi connectivity index (χ3n) is 2.55. The van der Waals surface area contributed by atoms with Gasteiger partial charge < -0.3 is 10.6 Å². The molecule has 2 N–H and O–H groups in total. The summed E-state index contributed by atoms with van der Waals surface area (Å²) < 4.78 is 25.8. The van der Waals surface area contributed by atoms with Crippen LogP contribution in [0.4, 0.5) is 25.0 Å². The second-order valence-electron chi connectivity index (χ2n) is 4.05. The van der Waals surface area contributed by atoms with E-state index in [0.29, 0.717) is 11.4 Å². The molecule has 2 aromatic carbocycles. The second kappa shape index (κ2) is 5.48. The number of hydrogen-bond donors (Lipinski definition) is 2. The first-order valence-electron chi connectivity index (χ1n) is 5.64. The van der Waals surface area contributed by atoms with Crippen molar-refractivity contribution in [3.8, 4) is 0 Å². The first-order chi connectivity index (χ1) is 9.04. The molecular weight excluding hydrogens is 250 g/mol. The molecule has 0 saturated heterocycles. The highest BCUT2D eigenvalue weighted by Crippen LogP contribution is 2.16. The van der Waals surface area contributed by atoms with Gasteiger partial charge in [0.2, 0.25) is 0 Å². The molecule has 0 heterocycles. The van der Waals surface area contributed by atoms with Crippen molar-refractivity contribution >= 4 is 17.4 Å². The molecule has 0 fully saturated rings. The van der Waals surface area contributed by atoms with Crippen molar-refractivity contribution in [2.24, 2.45) is 0 Å². The van der Waals surface area contributed by atoms with E-state index in [1.54, 1.807) is 13.0 Å². The normalized spacial score (nSPS) is 10.1. The lowest BCUT2D eigenvalue weighted by atomic mass is 10.2. The van der Waals surface area contributed by atoms with Gasteiger partial charge in [0, 0.05) is 11.4 Å². The topological polar surface area (TPSA) is 41.1 Å². The zero-order valence-corrected chi connectivity index (χ0v) is 10.2. The van der Waals surface area contributed by atoms with Crippen molar-refractivity contribution in [2.45, 2.75) is 6.92 Å². The Morgan fingerprint density at radius 1 is 0.947 bits per heavy atom. The number of halogens is 2. The van der Waals surface area contributed by atoms with E-state index in [0.717, 1.165) is 5.56 Å². The molecule has 5 heteroatoms. The largest absolute Gasteiger partial charge is 0.323 e. The van der Waals surface area contributed by atoms with Crippen molar-refractivity contribution in [3.05, 3.63) is 59.7 Å². The molecule has 0 aromatic heterocycles. The molecule has 0 spiro atoms. The minimum atomic E-state index is -0.514. The number of carbonyl (C=O) groups is 1. The maximum atomic E-state index is 13.1. The van der Waals surface area contributed by atoms with Gasteiger partial charge in [-0.15, -0.1) is 0 Å². The number of anilines is 2. The van der Waals surface area contributed by atoms with Crippen LogP contribution in [0.2, 0.25) is 0 Å². The Hall–Kier alpha value is -2.43. The Morgan fingerprint density at radius 2 is 1.58 bits per heavy atom. The van der Waals surface area contributed by atoms with Crippen molar-refractivity contribution in [1.82, 2.24) is 0 Å². The van der Waals surface area contributed by atoms with Gasteiger partial charge in [0.15, 0.2) is 0 Å². The van der Waals surface area contributed by atoms with Crippen molar-refractivity contribution in [3.63, 3.8) is 0 Å². The van der Waals surface area contributed by atoms with Crippen LogP contribution in [0.15, 0.2) is 42.5 Å². The molecular formula is C14H12F2N2O. The highest BCUT2D eigenvalue weighted by atomic mass is 19.1. The third kappa shape index (κ3) is 3.51. The number of amides is 2. The molecule has 0 bridgehead atoms. The van der Waals surface area contributed by atoms with Crippen LogP contribution in [0, 0.1) is 18.6 Å². The molecule has 2 amide bonds. The Morgan fingerprint density at radius 3 is 2.26 bits per heavy atom. The van der Waals surface area contributed by atoms with Crippen molar-refractivity contribution in [2.75, 3.05) is 10.6 Å². The van der Waals surface area contributed by atoms with E-state index >= 15 is 0 Å². The molecule has 0 aliphatic rings. The van der Waals surface area contributed by atoms with Gasteiger partial charge in [-0.05, 0) is 48.9 Å². The number of hydrogen-bond acceptors (Lipinski definition) is 1. The van der Waals surface area contributed by atoms with Gasteiger partial charge in [0.05, 0.1) is 0 Å². The predicted molar refractivity (Wildman–Crippen MR) is 70.2 cm³/mol. The van der Waals surface area contributed by atoms with Crippen molar-refractivity contribution in [1.29, 1.82) is 0 Å². The molecule has 0 unspecified atom stereocenters. The molecule has 0 radical (unpaired) electrons. The van der Waals surface area contributed by atoms with Crippen molar-refractivity contribution < 1.29 is 13.6 Å². The van der Waals surface area contributed by atoms with Crippen LogP contribution in [-0.4, -0.2) is 6.03 Å². The summed E-state index contributed by atoms with van der Waals surface area (Å²) in [6, 6.07) is 8.97. The maximum Gasteiger partial charge on any atom is 0.323 e. The summed E-state index contributed by atoms with van der Waals surface area (Å²) in [5.41, 5.74) is 1.59. The number of benzene rings is 2. The summed E-state index contributed by atoms with van der Waals surface area (Å²) in [6.45, 7) is 1.76. The molecule has 2 aromatic rings. The van der Waals surface area contributed by atoms with Crippen LogP contribution >= 0.6 is 0 Å². The Labute approximate surface area is 109 Å². The molecule has 0 aliphatic heterocycles. The summed E-state index contributed by atoms with van der Waals surface area (Å²) in [5, 5.41) is 5.06. The van der Waals surface area contributed by atoms with E-state index in [1.807, 2.05) is 0 Å². The van der Waals surface area contributed by atoms with Crippen LogP contribution in [-0.2, 0) is 0 Å². The quantitative estimate of drug-likeness (QED) is 0.846. The number of urea groups is 1. The Bertz CT molecular complexity index is 597. The minimum absolute atomic E-state index is 0.382. The van der Waals surface area contributed by atoms with Gasteiger partial charge in [-0.3, -0.25) is 0 Å². The zero-order valence-electron chi connectivity index (χ0n) is 10.2. The molecule has 2 rings (SSSR count). The summed E-state index contributed by atoms with van der Waals surface area (Å²) in [4.78, 5) is 11.7. The highest BCUT2D eigenvalue weighted by molar-refractivity contribution is 6.00. The summed E-state index contributed by atoms with van der Waals surface area (Å²) in [7, 11) is 0. The molecule has 3 nitrogen and oxygen atoms in total. The van der Waals surface area contributed by atoms with E-state index in [1.165, 1.54) is 36.4 Å². The fraction of sp³-hybridized carbons (Fsp3) is 0.0714. The smallest absolute Gasteiger partial charge is 0.308 e. The van der Waals surface area contributed by atoms with E-state index in [9.17, 15) is 13.6 Å². The lowest BCUT2D eigenvalue weighted by molar-refractivity contribution is 0.262. The average Bonchev–Trinajstić information content (AvgIpc) is 2.37. The third-order valence-corrected chi connectivity index (χ3v) is 2.55. The van der Waals surface area contributed by atoms with E-state index in [-0.39, 0.29) is 5.82 Å². The second-order valence-corrected chi connectivity index (χ2v) is 4.05. The van der Waals surface area contributed by atoms with Crippen LogP contribution < -0.4 is 10.6 Å². The van der Waals surface area contributed by atoms with Gasteiger partial charge in [-0.2, -0.15) is 0 Å². The van der Waals surface area contributed by atoms with Gasteiger partial charge in [0.1, 0.15) is 11.6 Å². The molecule has 0 atom stereocenters.